The summed E-state index contributed by atoms with van der Waals surface area (Å²) < 4.78 is 0. The van der Waals surface area contributed by atoms with Crippen LogP contribution in [0, 0.1) is 24.2 Å². The van der Waals surface area contributed by atoms with Crippen molar-refractivity contribution in [2.24, 2.45) is 5.92 Å². The van der Waals surface area contributed by atoms with Gasteiger partial charge in [-0.3, -0.25) is 0 Å². The van der Waals surface area contributed by atoms with E-state index in [9.17, 15) is 0 Å². The molecule has 2 atom stereocenters. The second kappa shape index (κ2) is 7.76. The fourth-order valence-electron chi connectivity index (χ4n) is 2.21. The van der Waals surface area contributed by atoms with Crippen molar-refractivity contribution in [1.29, 1.82) is 5.26 Å². The lowest BCUT2D eigenvalue weighted by Crippen LogP contribution is -2.36. The molecule has 0 spiro atoms. The van der Waals surface area contributed by atoms with Gasteiger partial charge in [0, 0.05) is 18.8 Å². The van der Waals surface area contributed by atoms with Crippen molar-refractivity contribution >= 4 is 5.69 Å². The minimum atomic E-state index is -0.188. The van der Waals surface area contributed by atoms with Gasteiger partial charge in [0.05, 0.1) is 12.0 Å². The van der Waals surface area contributed by atoms with Gasteiger partial charge in [-0.05, 0) is 25.5 Å². The van der Waals surface area contributed by atoms with Crippen molar-refractivity contribution in [2.45, 2.75) is 38.6 Å². The molecule has 1 aromatic carbocycles. The summed E-state index contributed by atoms with van der Waals surface area (Å²) in [6, 6.07) is 12.7. The van der Waals surface area contributed by atoms with Gasteiger partial charge in [0.25, 0.3) is 0 Å². The van der Waals surface area contributed by atoms with E-state index in [-0.39, 0.29) is 12.0 Å². The van der Waals surface area contributed by atoms with Gasteiger partial charge in [0.15, 0.2) is 0 Å². The Kier molecular flexibility index (Phi) is 6.28. The summed E-state index contributed by atoms with van der Waals surface area (Å²) in [6.45, 7) is 6.18. The summed E-state index contributed by atoms with van der Waals surface area (Å²) >= 11 is 0. The van der Waals surface area contributed by atoms with E-state index < -0.39 is 0 Å². The molecule has 1 rings (SSSR count). The van der Waals surface area contributed by atoms with Crippen LogP contribution >= 0.6 is 0 Å². The summed E-state index contributed by atoms with van der Waals surface area (Å²) in [5.41, 5.74) is 1.16. The minimum Gasteiger partial charge on any atom is -0.370 e. The van der Waals surface area contributed by atoms with E-state index in [2.05, 4.69) is 44.0 Å². The largest absolute Gasteiger partial charge is 0.370 e. The predicted molar refractivity (Wildman–Crippen MR) is 77.2 cm³/mol. The Bertz CT molecular complexity index is 366. The molecular weight excluding hydrogens is 220 g/mol. The Morgan fingerprint density at radius 3 is 2.50 bits per heavy atom. The third-order valence-corrected chi connectivity index (χ3v) is 3.39. The van der Waals surface area contributed by atoms with Crippen molar-refractivity contribution in [2.75, 3.05) is 11.9 Å². The molecule has 18 heavy (non-hydrogen) atoms. The van der Waals surface area contributed by atoms with Crippen molar-refractivity contribution in [3.63, 3.8) is 0 Å². The normalized spacial score (nSPS) is 13.7. The summed E-state index contributed by atoms with van der Waals surface area (Å²) in [7, 11) is 2.06. The van der Waals surface area contributed by atoms with Gasteiger partial charge >= 0.3 is 0 Å². The van der Waals surface area contributed by atoms with Gasteiger partial charge in [-0.1, -0.05) is 44.4 Å². The molecule has 0 saturated carbocycles. The van der Waals surface area contributed by atoms with E-state index in [0.29, 0.717) is 0 Å². The number of nitriles is 1. The van der Waals surface area contributed by atoms with Crippen molar-refractivity contribution in [1.82, 2.24) is 0 Å². The van der Waals surface area contributed by atoms with E-state index in [1.54, 1.807) is 0 Å². The third-order valence-electron chi connectivity index (χ3n) is 3.39. The van der Waals surface area contributed by atoms with E-state index in [0.717, 1.165) is 18.5 Å². The number of hydrogen-bond acceptors (Lipinski definition) is 2. The van der Waals surface area contributed by atoms with Crippen LogP contribution in [0.25, 0.3) is 0 Å². The van der Waals surface area contributed by atoms with Gasteiger partial charge in [-0.2, -0.15) is 5.26 Å². The van der Waals surface area contributed by atoms with Crippen LogP contribution in [-0.4, -0.2) is 13.1 Å². The number of para-hydroxylation sites is 1. The Morgan fingerprint density at radius 1 is 1.28 bits per heavy atom. The molecular formula is C16H23N2. The van der Waals surface area contributed by atoms with Crippen LogP contribution in [0.5, 0.6) is 0 Å². The molecule has 2 unspecified atom stereocenters. The molecule has 0 heterocycles. The van der Waals surface area contributed by atoms with Crippen molar-refractivity contribution < 1.29 is 0 Å². The first kappa shape index (κ1) is 14.6. The first-order valence-corrected chi connectivity index (χ1v) is 6.71. The number of anilines is 1. The van der Waals surface area contributed by atoms with E-state index in [1.165, 1.54) is 12.8 Å². The molecule has 0 saturated heterocycles. The Hall–Kier alpha value is -1.49. The highest BCUT2D eigenvalue weighted by Crippen LogP contribution is 2.22. The maximum atomic E-state index is 9.12. The lowest BCUT2D eigenvalue weighted by molar-refractivity contribution is 0.489. The van der Waals surface area contributed by atoms with E-state index >= 15 is 0 Å². The summed E-state index contributed by atoms with van der Waals surface area (Å²) in [6.07, 6.45) is 4.61. The number of benzene rings is 1. The van der Waals surface area contributed by atoms with Gasteiger partial charge < -0.3 is 4.90 Å². The highest BCUT2D eigenvalue weighted by atomic mass is 15.1. The minimum absolute atomic E-state index is 0.188. The lowest BCUT2D eigenvalue weighted by Gasteiger charge is -2.32. The molecule has 0 bridgehead atoms. The third kappa shape index (κ3) is 4.07. The lowest BCUT2D eigenvalue weighted by atomic mass is 9.95. The quantitative estimate of drug-likeness (QED) is 0.676. The molecule has 97 valence electrons. The predicted octanol–water partition coefficient (Wildman–Crippen LogP) is 4.05. The van der Waals surface area contributed by atoms with Crippen molar-refractivity contribution in [3.8, 4) is 6.07 Å². The number of rotatable bonds is 7. The average Bonchev–Trinajstić information content (AvgIpc) is 2.43. The second-order valence-electron chi connectivity index (χ2n) is 4.75. The molecule has 0 aliphatic carbocycles. The molecule has 0 aliphatic rings. The zero-order valence-electron chi connectivity index (χ0n) is 11.5. The Balaban J connectivity index is 2.73. The average molecular weight is 243 g/mol. The van der Waals surface area contributed by atoms with Crippen LogP contribution in [0.3, 0.4) is 0 Å². The SMILES string of the molecule is [CH2]C(C#N)C(CCCCC)N(C)c1ccccc1. The topological polar surface area (TPSA) is 27.0 Å². The van der Waals surface area contributed by atoms with Gasteiger partial charge in [0.2, 0.25) is 0 Å². The fourth-order valence-corrected chi connectivity index (χ4v) is 2.21. The summed E-state index contributed by atoms with van der Waals surface area (Å²) in [5.74, 6) is -0.188. The molecule has 0 aromatic heterocycles. The Morgan fingerprint density at radius 2 is 1.94 bits per heavy atom. The molecule has 0 amide bonds. The molecule has 2 heteroatoms. The maximum Gasteiger partial charge on any atom is 0.0677 e. The Labute approximate surface area is 111 Å². The first-order chi connectivity index (χ1) is 8.70. The van der Waals surface area contributed by atoms with Crippen LogP contribution in [0.4, 0.5) is 5.69 Å². The summed E-state index contributed by atoms with van der Waals surface area (Å²) in [4.78, 5) is 2.19. The molecule has 2 nitrogen and oxygen atoms in total. The van der Waals surface area contributed by atoms with Gasteiger partial charge in [-0.25, -0.2) is 0 Å². The first-order valence-electron chi connectivity index (χ1n) is 6.71. The van der Waals surface area contributed by atoms with Crippen LogP contribution in [0.2, 0.25) is 0 Å². The van der Waals surface area contributed by atoms with Gasteiger partial charge in [-0.15, -0.1) is 0 Å². The van der Waals surface area contributed by atoms with E-state index in [4.69, 9.17) is 5.26 Å². The van der Waals surface area contributed by atoms with Crippen LogP contribution in [0.1, 0.15) is 32.6 Å². The van der Waals surface area contributed by atoms with Crippen molar-refractivity contribution in [3.05, 3.63) is 37.3 Å². The molecule has 1 aromatic rings. The standard InChI is InChI=1S/C16H23N2/c1-4-5-7-12-16(14(2)13-17)18(3)15-10-8-6-9-11-15/h6,8-11,14,16H,2,4-5,7,12H2,1,3H3. The molecule has 0 aliphatic heterocycles. The fraction of sp³-hybridized carbons (Fsp3) is 0.500. The number of hydrogen-bond donors (Lipinski definition) is 0. The monoisotopic (exact) mass is 243 g/mol. The van der Waals surface area contributed by atoms with Gasteiger partial charge in [0.1, 0.15) is 0 Å². The summed E-state index contributed by atoms with van der Waals surface area (Å²) in [5, 5.41) is 9.12. The number of unbranched alkanes of at least 4 members (excludes halogenated alkanes) is 2. The highest BCUT2D eigenvalue weighted by Gasteiger charge is 2.21. The zero-order valence-corrected chi connectivity index (χ0v) is 11.5. The van der Waals surface area contributed by atoms with E-state index in [1.807, 2.05) is 18.2 Å². The zero-order chi connectivity index (χ0) is 13.4. The van der Waals surface area contributed by atoms with Crippen LogP contribution in [-0.2, 0) is 0 Å². The smallest absolute Gasteiger partial charge is 0.0677 e. The van der Waals surface area contributed by atoms with Crippen LogP contribution in [0.15, 0.2) is 30.3 Å². The molecule has 0 N–H and O–H groups in total. The molecule has 1 radical (unpaired) electrons. The maximum absolute atomic E-state index is 9.12. The molecule has 0 fully saturated rings. The van der Waals surface area contributed by atoms with Crippen LogP contribution < -0.4 is 4.90 Å². The number of nitrogens with zero attached hydrogens (tertiary/aromatic N) is 2. The highest BCUT2D eigenvalue weighted by molar-refractivity contribution is 5.46. The second-order valence-corrected chi connectivity index (χ2v) is 4.75.